The predicted molar refractivity (Wildman–Crippen MR) is 81.9 cm³/mol. The van der Waals surface area contributed by atoms with Gasteiger partial charge in [-0.15, -0.1) is 0 Å². The molecule has 3 atom stereocenters. The van der Waals surface area contributed by atoms with Gasteiger partial charge in [0.15, 0.2) is 0 Å². The van der Waals surface area contributed by atoms with Gasteiger partial charge in [-0.3, -0.25) is 0 Å². The zero-order valence-corrected chi connectivity index (χ0v) is 13.4. The van der Waals surface area contributed by atoms with Crippen molar-refractivity contribution in [1.29, 1.82) is 0 Å². The van der Waals surface area contributed by atoms with Crippen molar-refractivity contribution < 1.29 is 9.84 Å². The maximum atomic E-state index is 9.75. The van der Waals surface area contributed by atoms with E-state index in [-0.39, 0.29) is 11.5 Å². The summed E-state index contributed by atoms with van der Waals surface area (Å²) in [6, 6.07) is 0.526. The van der Waals surface area contributed by atoms with E-state index in [1.807, 2.05) is 6.92 Å². The zero-order valence-electron chi connectivity index (χ0n) is 13.4. The molecule has 2 fully saturated rings. The normalized spacial score (nSPS) is 33.8. The van der Waals surface area contributed by atoms with Crippen molar-refractivity contribution in [3.05, 3.63) is 0 Å². The van der Waals surface area contributed by atoms with Gasteiger partial charge in [-0.1, -0.05) is 13.8 Å². The first-order valence-corrected chi connectivity index (χ1v) is 8.22. The van der Waals surface area contributed by atoms with E-state index in [2.05, 4.69) is 24.1 Å². The molecule has 0 bridgehead atoms. The number of aliphatic hydroxyl groups is 1. The van der Waals surface area contributed by atoms with Crippen LogP contribution in [0.15, 0.2) is 0 Å². The van der Waals surface area contributed by atoms with E-state index in [0.29, 0.717) is 12.0 Å². The lowest BCUT2D eigenvalue weighted by Crippen LogP contribution is -2.49. The van der Waals surface area contributed by atoms with Crippen LogP contribution in [0.4, 0.5) is 0 Å². The van der Waals surface area contributed by atoms with Crippen LogP contribution in [0, 0.1) is 11.3 Å². The fraction of sp³-hybridized carbons (Fsp3) is 1.00. The fourth-order valence-electron chi connectivity index (χ4n) is 3.53. The molecule has 0 aromatic rings. The Morgan fingerprint density at radius 2 is 2.20 bits per heavy atom. The Labute approximate surface area is 123 Å². The molecule has 2 rings (SSSR count). The molecule has 2 aliphatic heterocycles. The molecule has 0 spiro atoms. The van der Waals surface area contributed by atoms with Crippen LogP contribution >= 0.6 is 0 Å². The molecular formula is C16H32N2O2. The third kappa shape index (κ3) is 4.42. The average molecular weight is 284 g/mol. The Kier molecular flexibility index (Phi) is 5.84. The van der Waals surface area contributed by atoms with Crippen LogP contribution in [0.25, 0.3) is 0 Å². The molecule has 0 aromatic heterocycles. The van der Waals surface area contributed by atoms with Crippen molar-refractivity contribution in [3.63, 3.8) is 0 Å². The van der Waals surface area contributed by atoms with Crippen LogP contribution in [0.5, 0.6) is 0 Å². The second kappa shape index (κ2) is 7.21. The highest BCUT2D eigenvalue weighted by atomic mass is 16.5. The maximum absolute atomic E-state index is 9.75. The first kappa shape index (κ1) is 16.2. The second-order valence-corrected chi connectivity index (χ2v) is 7.22. The number of likely N-dealkylation sites (tertiary alicyclic amines) is 1. The van der Waals surface area contributed by atoms with Gasteiger partial charge in [0.2, 0.25) is 0 Å². The lowest BCUT2D eigenvalue weighted by molar-refractivity contribution is -0.0250. The highest BCUT2D eigenvalue weighted by molar-refractivity contribution is 4.90. The maximum Gasteiger partial charge on any atom is 0.0552 e. The molecule has 0 aliphatic carbocycles. The van der Waals surface area contributed by atoms with Gasteiger partial charge in [0.25, 0.3) is 0 Å². The topological polar surface area (TPSA) is 44.7 Å². The number of nitrogens with one attached hydrogen (secondary N) is 1. The molecule has 4 nitrogen and oxygen atoms in total. The molecule has 0 radical (unpaired) electrons. The minimum absolute atomic E-state index is 0.174. The van der Waals surface area contributed by atoms with Gasteiger partial charge in [-0.25, -0.2) is 0 Å². The molecular weight excluding hydrogens is 252 g/mol. The van der Waals surface area contributed by atoms with E-state index in [1.54, 1.807) is 0 Å². The van der Waals surface area contributed by atoms with E-state index in [0.717, 1.165) is 45.8 Å². The Hall–Kier alpha value is -0.160. The summed E-state index contributed by atoms with van der Waals surface area (Å²) in [6.45, 7) is 12.4. The first-order valence-electron chi connectivity index (χ1n) is 8.22. The van der Waals surface area contributed by atoms with Gasteiger partial charge in [0, 0.05) is 37.7 Å². The summed E-state index contributed by atoms with van der Waals surface area (Å²) >= 11 is 0. The zero-order chi connectivity index (χ0) is 14.6. The van der Waals surface area contributed by atoms with Crippen LogP contribution in [0.1, 0.15) is 40.0 Å². The number of rotatable bonds is 6. The van der Waals surface area contributed by atoms with E-state index in [9.17, 15) is 5.11 Å². The monoisotopic (exact) mass is 284 g/mol. The number of hydrogen-bond donors (Lipinski definition) is 2. The SMILES string of the molecule is CC(C)NCC1(CN2CCC(C(C)O)C2)CCCOC1. The standard InChI is InChI=1S/C16H32N2O2/c1-13(2)17-10-16(6-4-8-20-12-16)11-18-7-5-15(9-18)14(3)19/h13-15,17,19H,4-12H2,1-3H3. The number of hydrogen-bond acceptors (Lipinski definition) is 4. The highest BCUT2D eigenvalue weighted by Crippen LogP contribution is 2.32. The van der Waals surface area contributed by atoms with E-state index >= 15 is 0 Å². The molecule has 118 valence electrons. The minimum Gasteiger partial charge on any atom is -0.393 e. The summed E-state index contributed by atoms with van der Waals surface area (Å²) in [5.74, 6) is 0.453. The van der Waals surface area contributed by atoms with Crippen LogP contribution in [0.2, 0.25) is 0 Å². The Morgan fingerprint density at radius 1 is 1.40 bits per heavy atom. The summed E-state index contributed by atoms with van der Waals surface area (Å²) in [5.41, 5.74) is 0.260. The molecule has 0 amide bonds. The van der Waals surface area contributed by atoms with Crippen molar-refractivity contribution in [2.24, 2.45) is 11.3 Å². The molecule has 2 aliphatic rings. The first-order chi connectivity index (χ1) is 9.51. The van der Waals surface area contributed by atoms with Gasteiger partial charge in [0.05, 0.1) is 12.7 Å². The summed E-state index contributed by atoms with van der Waals surface area (Å²) in [6.07, 6.45) is 3.38. The van der Waals surface area contributed by atoms with Crippen molar-refractivity contribution in [2.75, 3.05) is 39.4 Å². The van der Waals surface area contributed by atoms with Crippen molar-refractivity contribution in [1.82, 2.24) is 10.2 Å². The van der Waals surface area contributed by atoms with Gasteiger partial charge in [-0.2, -0.15) is 0 Å². The quantitative estimate of drug-likeness (QED) is 0.775. The minimum atomic E-state index is -0.174. The smallest absolute Gasteiger partial charge is 0.0552 e. The summed E-state index contributed by atoms with van der Waals surface area (Å²) in [4.78, 5) is 2.54. The van der Waals surface area contributed by atoms with Gasteiger partial charge in [0.1, 0.15) is 0 Å². The average Bonchev–Trinajstić information content (AvgIpc) is 2.86. The third-order valence-corrected chi connectivity index (χ3v) is 4.84. The largest absolute Gasteiger partial charge is 0.393 e. The highest BCUT2D eigenvalue weighted by Gasteiger charge is 2.37. The number of nitrogens with zero attached hydrogens (tertiary/aromatic N) is 1. The molecule has 2 saturated heterocycles. The number of aliphatic hydroxyl groups excluding tert-OH is 1. The van der Waals surface area contributed by atoms with E-state index in [1.165, 1.54) is 12.8 Å². The Balaban J connectivity index is 1.90. The lowest BCUT2D eigenvalue weighted by Gasteiger charge is -2.40. The fourth-order valence-corrected chi connectivity index (χ4v) is 3.53. The van der Waals surface area contributed by atoms with Crippen molar-refractivity contribution in [3.8, 4) is 0 Å². The molecule has 2 N–H and O–H groups in total. The van der Waals surface area contributed by atoms with Gasteiger partial charge < -0.3 is 20.1 Å². The van der Waals surface area contributed by atoms with E-state index in [4.69, 9.17) is 4.74 Å². The molecule has 2 heterocycles. The molecule has 0 aromatic carbocycles. The summed E-state index contributed by atoms with van der Waals surface area (Å²) in [5, 5.41) is 13.4. The van der Waals surface area contributed by atoms with Crippen LogP contribution < -0.4 is 5.32 Å². The third-order valence-electron chi connectivity index (χ3n) is 4.84. The van der Waals surface area contributed by atoms with Gasteiger partial charge in [-0.05, 0) is 38.6 Å². The van der Waals surface area contributed by atoms with Crippen LogP contribution in [0.3, 0.4) is 0 Å². The van der Waals surface area contributed by atoms with Gasteiger partial charge >= 0.3 is 0 Å². The molecule has 3 unspecified atom stereocenters. The van der Waals surface area contributed by atoms with Crippen molar-refractivity contribution >= 4 is 0 Å². The lowest BCUT2D eigenvalue weighted by atomic mass is 9.81. The van der Waals surface area contributed by atoms with Crippen molar-refractivity contribution in [2.45, 2.75) is 52.2 Å². The van der Waals surface area contributed by atoms with E-state index < -0.39 is 0 Å². The summed E-state index contributed by atoms with van der Waals surface area (Å²) < 4.78 is 5.79. The van der Waals surface area contributed by atoms with Crippen LogP contribution in [-0.2, 0) is 4.74 Å². The Morgan fingerprint density at radius 3 is 2.75 bits per heavy atom. The predicted octanol–water partition coefficient (Wildman–Crippen LogP) is 1.48. The molecule has 20 heavy (non-hydrogen) atoms. The Bertz CT molecular complexity index is 288. The number of ether oxygens (including phenoxy) is 1. The second-order valence-electron chi connectivity index (χ2n) is 7.22. The van der Waals surface area contributed by atoms with Crippen LogP contribution in [-0.4, -0.2) is 61.5 Å². The summed E-state index contributed by atoms with van der Waals surface area (Å²) in [7, 11) is 0. The molecule has 4 heteroatoms. The molecule has 0 saturated carbocycles.